The predicted molar refractivity (Wildman–Crippen MR) is 80.7 cm³/mol. The zero-order chi connectivity index (χ0) is 15.2. The number of pyridine rings is 1. The molecule has 1 aromatic rings. The van der Waals surface area contributed by atoms with E-state index in [-0.39, 0.29) is 24.9 Å². The normalized spacial score (nSPS) is 15.5. The first-order valence-electron chi connectivity index (χ1n) is 7.38. The maximum absolute atomic E-state index is 12.1. The molecule has 21 heavy (non-hydrogen) atoms. The molecule has 6 nitrogen and oxygen atoms in total. The van der Waals surface area contributed by atoms with Crippen LogP contribution in [0, 0.1) is 0 Å². The van der Waals surface area contributed by atoms with Crippen molar-refractivity contribution in [1.82, 2.24) is 14.8 Å². The Morgan fingerprint density at radius 2 is 1.86 bits per heavy atom. The third-order valence-electron chi connectivity index (χ3n) is 3.41. The van der Waals surface area contributed by atoms with Gasteiger partial charge in [0.15, 0.2) is 0 Å². The van der Waals surface area contributed by atoms with Gasteiger partial charge in [0.05, 0.1) is 6.54 Å². The van der Waals surface area contributed by atoms with E-state index in [2.05, 4.69) is 10.3 Å². The molecule has 6 heteroatoms. The number of nitrogens with one attached hydrogen (secondary N) is 1. The van der Waals surface area contributed by atoms with Gasteiger partial charge in [-0.15, -0.1) is 0 Å². The van der Waals surface area contributed by atoms with Gasteiger partial charge >= 0.3 is 0 Å². The molecule has 0 saturated carbocycles. The first kappa shape index (κ1) is 15.3. The van der Waals surface area contributed by atoms with E-state index in [4.69, 9.17) is 0 Å². The molecule has 0 atom stereocenters. The Balaban J connectivity index is 1.96. The summed E-state index contributed by atoms with van der Waals surface area (Å²) in [6, 6.07) is 3.82. The minimum atomic E-state index is -0.00110. The molecule has 0 aromatic carbocycles. The Morgan fingerprint density at radius 1 is 1.14 bits per heavy atom. The molecule has 2 heterocycles. The molecule has 1 aliphatic rings. The summed E-state index contributed by atoms with van der Waals surface area (Å²) in [5.74, 6) is 0.837. The third-order valence-corrected chi connectivity index (χ3v) is 3.41. The number of nitrogens with zero attached hydrogens (tertiary/aromatic N) is 3. The fraction of sp³-hybridized carbons (Fsp3) is 0.533. The van der Waals surface area contributed by atoms with Gasteiger partial charge in [-0.25, -0.2) is 4.98 Å². The first-order chi connectivity index (χ1) is 10.1. The number of carbonyl (C=O) groups excluding carboxylic acids is 2. The van der Waals surface area contributed by atoms with Crippen molar-refractivity contribution in [3.63, 3.8) is 0 Å². The summed E-state index contributed by atoms with van der Waals surface area (Å²) in [7, 11) is 0. The molecule has 0 spiro atoms. The van der Waals surface area contributed by atoms with Crippen LogP contribution in [0.3, 0.4) is 0 Å². The molecule has 0 aliphatic carbocycles. The van der Waals surface area contributed by atoms with Gasteiger partial charge in [0.2, 0.25) is 11.8 Å². The van der Waals surface area contributed by atoms with E-state index >= 15 is 0 Å². The molecule has 2 rings (SSSR count). The number of carbonyl (C=O) groups is 2. The molecular formula is C15H22N4O2. The molecule has 1 N–H and O–H groups in total. The lowest BCUT2D eigenvalue weighted by Gasteiger charge is -2.33. The number of anilines is 1. The molecular weight excluding hydrogens is 268 g/mol. The summed E-state index contributed by atoms with van der Waals surface area (Å²) in [5, 5.41) is 3.12. The van der Waals surface area contributed by atoms with E-state index < -0.39 is 0 Å². The summed E-state index contributed by atoms with van der Waals surface area (Å²) >= 11 is 0. The van der Waals surface area contributed by atoms with Crippen LogP contribution >= 0.6 is 0 Å². The second kappa shape index (κ2) is 7.06. The minimum Gasteiger partial charge on any atom is -0.370 e. The molecule has 0 radical (unpaired) electrons. The van der Waals surface area contributed by atoms with E-state index in [9.17, 15) is 9.59 Å². The van der Waals surface area contributed by atoms with Crippen LogP contribution in [-0.2, 0) is 16.1 Å². The Morgan fingerprint density at radius 3 is 2.48 bits per heavy atom. The van der Waals surface area contributed by atoms with Gasteiger partial charge in [0.1, 0.15) is 12.4 Å². The highest BCUT2D eigenvalue weighted by Crippen LogP contribution is 2.12. The van der Waals surface area contributed by atoms with Crippen LogP contribution in [0.1, 0.15) is 25.8 Å². The zero-order valence-corrected chi connectivity index (χ0v) is 12.6. The van der Waals surface area contributed by atoms with Gasteiger partial charge in [0, 0.05) is 25.8 Å². The average molecular weight is 290 g/mol. The lowest BCUT2D eigenvalue weighted by Crippen LogP contribution is -2.53. The van der Waals surface area contributed by atoms with Crippen molar-refractivity contribution in [3.8, 4) is 0 Å². The van der Waals surface area contributed by atoms with E-state index in [0.29, 0.717) is 13.1 Å². The van der Waals surface area contributed by atoms with E-state index in [1.165, 1.54) is 0 Å². The monoisotopic (exact) mass is 290 g/mol. The standard InChI is InChI=1S/C15H22N4O2/c1-3-7-18-10-15(21)19(11-14(18)20)9-12-5-6-13(16-4-2)17-8-12/h5-6,8H,3-4,7,9-11H2,1-2H3,(H,16,17). The van der Waals surface area contributed by atoms with Crippen molar-refractivity contribution in [1.29, 1.82) is 0 Å². The van der Waals surface area contributed by atoms with Crippen LogP contribution in [0.5, 0.6) is 0 Å². The first-order valence-corrected chi connectivity index (χ1v) is 7.38. The van der Waals surface area contributed by atoms with Crippen molar-refractivity contribution < 1.29 is 9.59 Å². The number of rotatable bonds is 6. The highest BCUT2D eigenvalue weighted by atomic mass is 16.2. The van der Waals surface area contributed by atoms with Gasteiger partial charge in [-0.3, -0.25) is 9.59 Å². The van der Waals surface area contributed by atoms with Crippen LogP contribution < -0.4 is 5.32 Å². The Hall–Kier alpha value is -2.11. The summed E-state index contributed by atoms with van der Waals surface area (Å²) in [6.45, 7) is 6.26. The van der Waals surface area contributed by atoms with Crippen molar-refractivity contribution in [2.75, 3.05) is 31.5 Å². The number of hydrogen-bond acceptors (Lipinski definition) is 4. The molecule has 114 valence electrons. The molecule has 1 fully saturated rings. The number of aromatic nitrogens is 1. The van der Waals surface area contributed by atoms with Gasteiger partial charge in [0.25, 0.3) is 0 Å². The minimum absolute atomic E-state index is 0.00110. The summed E-state index contributed by atoms with van der Waals surface area (Å²) in [4.78, 5) is 31.6. The second-order valence-electron chi connectivity index (χ2n) is 5.15. The van der Waals surface area contributed by atoms with E-state index in [0.717, 1.165) is 24.3 Å². The highest BCUT2D eigenvalue weighted by molar-refractivity contribution is 5.92. The summed E-state index contributed by atoms with van der Waals surface area (Å²) in [6.07, 6.45) is 2.61. The SMILES string of the molecule is CCCN1CC(=O)N(Cc2ccc(NCC)nc2)CC1=O. The molecule has 0 unspecified atom stereocenters. The highest BCUT2D eigenvalue weighted by Gasteiger charge is 2.29. The summed E-state index contributed by atoms with van der Waals surface area (Å²) < 4.78 is 0. The van der Waals surface area contributed by atoms with E-state index in [1.807, 2.05) is 26.0 Å². The molecule has 0 bridgehead atoms. The van der Waals surface area contributed by atoms with Gasteiger partial charge < -0.3 is 15.1 Å². The smallest absolute Gasteiger partial charge is 0.242 e. The van der Waals surface area contributed by atoms with Crippen LogP contribution in [0.25, 0.3) is 0 Å². The fourth-order valence-corrected chi connectivity index (χ4v) is 2.34. The Bertz CT molecular complexity index is 501. The largest absolute Gasteiger partial charge is 0.370 e. The maximum atomic E-state index is 12.1. The zero-order valence-electron chi connectivity index (χ0n) is 12.6. The topological polar surface area (TPSA) is 65.5 Å². The summed E-state index contributed by atoms with van der Waals surface area (Å²) in [5.41, 5.74) is 0.932. The van der Waals surface area contributed by atoms with Crippen LogP contribution in [0.2, 0.25) is 0 Å². The van der Waals surface area contributed by atoms with Gasteiger partial charge in [-0.2, -0.15) is 0 Å². The second-order valence-corrected chi connectivity index (χ2v) is 5.15. The van der Waals surface area contributed by atoms with Crippen LogP contribution in [-0.4, -0.2) is 52.8 Å². The number of hydrogen-bond donors (Lipinski definition) is 1. The number of amides is 2. The van der Waals surface area contributed by atoms with Gasteiger partial charge in [-0.05, 0) is 25.0 Å². The van der Waals surface area contributed by atoms with Crippen LogP contribution in [0.4, 0.5) is 5.82 Å². The van der Waals surface area contributed by atoms with Gasteiger partial charge in [-0.1, -0.05) is 13.0 Å². The average Bonchev–Trinajstić information content (AvgIpc) is 2.47. The third kappa shape index (κ3) is 3.93. The maximum Gasteiger partial charge on any atom is 0.242 e. The molecule has 1 aliphatic heterocycles. The lowest BCUT2D eigenvalue weighted by molar-refractivity contribution is -0.150. The fourth-order valence-electron chi connectivity index (χ4n) is 2.34. The predicted octanol–water partition coefficient (Wildman–Crippen LogP) is 1.09. The van der Waals surface area contributed by atoms with Crippen molar-refractivity contribution in [2.24, 2.45) is 0 Å². The van der Waals surface area contributed by atoms with E-state index in [1.54, 1.807) is 16.0 Å². The van der Waals surface area contributed by atoms with Crippen molar-refractivity contribution >= 4 is 17.6 Å². The Labute approximate surface area is 125 Å². The molecule has 1 saturated heterocycles. The Kier molecular flexibility index (Phi) is 5.14. The van der Waals surface area contributed by atoms with Crippen molar-refractivity contribution in [3.05, 3.63) is 23.9 Å². The van der Waals surface area contributed by atoms with Crippen LogP contribution in [0.15, 0.2) is 18.3 Å². The lowest BCUT2D eigenvalue weighted by atomic mass is 10.2. The molecule has 2 amide bonds. The molecule has 1 aromatic heterocycles. The number of piperazine rings is 1. The van der Waals surface area contributed by atoms with Crippen molar-refractivity contribution in [2.45, 2.75) is 26.8 Å². The quantitative estimate of drug-likeness (QED) is 0.852.